The normalized spacial score (nSPS) is 34.5. The Morgan fingerprint density at radius 2 is 2.47 bits per heavy atom. The average molecular weight is 233 g/mol. The van der Waals surface area contributed by atoms with Crippen LogP contribution in [0.1, 0.15) is 37.9 Å². The second-order valence-electron chi connectivity index (χ2n) is 5.99. The van der Waals surface area contributed by atoms with Gasteiger partial charge in [0.1, 0.15) is 0 Å². The van der Waals surface area contributed by atoms with Crippen molar-refractivity contribution in [1.82, 2.24) is 15.2 Å². The molecule has 2 aliphatic heterocycles. The van der Waals surface area contributed by atoms with Crippen LogP contribution in [0.2, 0.25) is 0 Å². The summed E-state index contributed by atoms with van der Waals surface area (Å²) in [6.45, 7) is 7.30. The van der Waals surface area contributed by atoms with E-state index in [9.17, 15) is 0 Å². The molecule has 0 amide bonds. The Kier molecular flexibility index (Phi) is 2.97. The third-order valence-corrected chi connectivity index (χ3v) is 4.39. The zero-order valence-corrected chi connectivity index (χ0v) is 10.7. The van der Waals surface area contributed by atoms with Crippen molar-refractivity contribution in [3.8, 4) is 0 Å². The third-order valence-electron chi connectivity index (χ3n) is 4.39. The lowest BCUT2D eigenvalue weighted by Crippen LogP contribution is -2.37. The molecule has 3 nitrogen and oxygen atoms in total. The van der Waals surface area contributed by atoms with Gasteiger partial charge in [-0.3, -0.25) is 4.90 Å². The maximum absolute atomic E-state index is 3.50. The fraction of sp³-hybridized carbons (Fsp3) is 0.714. The number of hydrogen-bond donors (Lipinski definition) is 2. The molecule has 2 atom stereocenters. The van der Waals surface area contributed by atoms with Crippen LogP contribution >= 0.6 is 0 Å². The molecule has 0 bridgehead atoms. The van der Waals surface area contributed by atoms with Crippen LogP contribution in [-0.2, 0) is 0 Å². The average Bonchev–Trinajstić information content (AvgIpc) is 2.98. The molecule has 2 saturated heterocycles. The van der Waals surface area contributed by atoms with Crippen LogP contribution in [0.5, 0.6) is 0 Å². The quantitative estimate of drug-likeness (QED) is 0.838. The van der Waals surface area contributed by atoms with Crippen molar-refractivity contribution in [2.24, 2.45) is 5.41 Å². The summed E-state index contributed by atoms with van der Waals surface area (Å²) in [5.41, 5.74) is 1.88. The second-order valence-corrected chi connectivity index (χ2v) is 5.99. The van der Waals surface area contributed by atoms with Crippen LogP contribution in [0.4, 0.5) is 0 Å². The van der Waals surface area contributed by atoms with Crippen molar-refractivity contribution in [2.75, 3.05) is 26.2 Å². The van der Waals surface area contributed by atoms with E-state index >= 15 is 0 Å². The Bertz CT molecular complexity index is 352. The van der Waals surface area contributed by atoms with Crippen molar-refractivity contribution >= 4 is 0 Å². The number of nitrogens with one attached hydrogen (secondary N) is 2. The minimum absolute atomic E-state index is 0.481. The molecule has 3 heteroatoms. The van der Waals surface area contributed by atoms with Gasteiger partial charge in [-0.2, -0.15) is 0 Å². The molecule has 17 heavy (non-hydrogen) atoms. The summed E-state index contributed by atoms with van der Waals surface area (Å²) in [5, 5.41) is 3.50. The molecular weight excluding hydrogens is 210 g/mol. The van der Waals surface area contributed by atoms with Crippen molar-refractivity contribution in [3.63, 3.8) is 0 Å². The first kappa shape index (κ1) is 11.3. The minimum atomic E-state index is 0.481. The van der Waals surface area contributed by atoms with Gasteiger partial charge in [0.05, 0.1) is 0 Å². The maximum Gasteiger partial charge on any atom is 0.0499 e. The molecule has 94 valence electrons. The predicted molar refractivity (Wildman–Crippen MR) is 69.9 cm³/mol. The van der Waals surface area contributed by atoms with Crippen molar-refractivity contribution in [1.29, 1.82) is 0 Å². The lowest BCUT2D eigenvalue weighted by atomic mass is 9.89. The van der Waals surface area contributed by atoms with Crippen LogP contribution in [-0.4, -0.2) is 36.1 Å². The highest BCUT2D eigenvalue weighted by atomic mass is 15.2. The molecular formula is C14H23N3. The zero-order valence-electron chi connectivity index (χ0n) is 10.7. The zero-order chi connectivity index (χ0) is 11.7. The molecule has 0 spiro atoms. The van der Waals surface area contributed by atoms with Crippen molar-refractivity contribution < 1.29 is 0 Å². The van der Waals surface area contributed by atoms with Crippen LogP contribution in [0, 0.1) is 5.41 Å². The molecule has 2 fully saturated rings. The number of aromatic amines is 1. The van der Waals surface area contributed by atoms with Gasteiger partial charge in [0.2, 0.25) is 0 Å². The molecule has 1 aromatic rings. The summed E-state index contributed by atoms with van der Waals surface area (Å²) < 4.78 is 0. The van der Waals surface area contributed by atoms with Gasteiger partial charge in [-0.05, 0) is 49.9 Å². The van der Waals surface area contributed by atoms with Gasteiger partial charge in [-0.15, -0.1) is 0 Å². The summed E-state index contributed by atoms with van der Waals surface area (Å²) >= 11 is 0. The largest absolute Gasteiger partial charge is 0.364 e. The maximum atomic E-state index is 3.50. The minimum Gasteiger partial charge on any atom is -0.364 e. The number of aromatic nitrogens is 1. The number of likely N-dealkylation sites (tertiary alicyclic amines) is 1. The third kappa shape index (κ3) is 2.26. The molecule has 1 aromatic heterocycles. The summed E-state index contributed by atoms with van der Waals surface area (Å²) in [6, 6.07) is 4.98. The van der Waals surface area contributed by atoms with Gasteiger partial charge in [0, 0.05) is 31.0 Å². The van der Waals surface area contributed by atoms with Crippen molar-refractivity contribution in [3.05, 3.63) is 24.0 Å². The first-order chi connectivity index (χ1) is 8.27. The van der Waals surface area contributed by atoms with Gasteiger partial charge in [0.25, 0.3) is 0 Å². The topological polar surface area (TPSA) is 31.1 Å². The fourth-order valence-electron chi connectivity index (χ4n) is 3.41. The van der Waals surface area contributed by atoms with E-state index < -0.39 is 0 Å². The Morgan fingerprint density at radius 3 is 3.18 bits per heavy atom. The molecule has 3 heterocycles. The lowest BCUT2D eigenvalue weighted by Gasteiger charge is -2.32. The molecule has 0 saturated carbocycles. The van der Waals surface area contributed by atoms with E-state index in [0.717, 1.165) is 0 Å². The summed E-state index contributed by atoms with van der Waals surface area (Å²) in [7, 11) is 0. The van der Waals surface area contributed by atoms with Gasteiger partial charge in [-0.25, -0.2) is 0 Å². The standard InChI is InChI=1S/C14H23N3/c1-14(6-8-15-10-14)11-17-9-3-5-13(17)12-4-2-7-16-12/h2,4,7,13,15-16H,3,5-6,8-11H2,1H3. The van der Waals surface area contributed by atoms with Crippen molar-refractivity contribution in [2.45, 2.75) is 32.2 Å². The summed E-state index contributed by atoms with van der Waals surface area (Å²) in [6.07, 6.45) is 6.02. The number of hydrogen-bond acceptors (Lipinski definition) is 2. The molecule has 0 aliphatic carbocycles. The Labute approximate surface area is 104 Å². The van der Waals surface area contributed by atoms with Gasteiger partial charge in [0.15, 0.2) is 0 Å². The lowest BCUT2D eigenvalue weighted by molar-refractivity contribution is 0.163. The highest BCUT2D eigenvalue weighted by Gasteiger charge is 2.35. The van der Waals surface area contributed by atoms with E-state index in [-0.39, 0.29) is 0 Å². The van der Waals surface area contributed by atoms with E-state index in [1.165, 1.54) is 51.1 Å². The van der Waals surface area contributed by atoms with Gasteiger partial charge < -0.3 is 10.3 Å². The van der Waals surface area contributed by atoms with Gasteiger partial charge in [-0.1, -0.05) is 6.92 Å². The van der Waals surface area contributed by atoms with Crippen LogP contribution in [0.3, 0.4) is 0 Å². The Balaban J connectivity index is 1.70. The number of rotatable bonds is 3. The second kappa shape index (κ2) is 4.46. The Hall–Kier alpha value is -0.800. The number of nitrogens with zero attached hydrogens (tertiary/aromatic N) is 1. The SMILES string of the molecule is CC1(CN2CCCC2c2ccc[nH]2)CCNC1. The Morgan fingerprint density at radius 1 is 1.53 bits per heavy atom. The summed E-state index contributed by atoms with van der Waals surface area (Å²) in [5.74, 6) is 0. The monoisotopic (exact) mass is 233 g/mol. The molecule has 2 N–H and O–H groups in total. The summed E-state index contributed by atoms with van der Waals surface area (Å²) in [4.78, 5) is 6.07. The molecule has 0 radical (unpaired) electrons. The van der Waals surface area contributed by atoms with E-state index in [0.29, 0.717) is 11.5 Å². The molecule has 0 aromatic carbocycles. The number of H-pyrrole nitrogens is 1. The highest BCUT2D eigenvalue weighted by molar-refractivity contribution is 5.11. The first-order valence-corrected chi connectivity index (χ1v) is 6.85. The highest BCUT2D eigenvalue weighted by Crippen LogP contribution is 2.35. The van der Waals surface area contributed by atoms with Gasteiger partial charge >= 0.3 is 0 Å². The van der Waals surface area contributed by atoms with Crippen LogP contribution in [0.25, 0.3) is 0 Å². The van der Waals surface area contributed by atoms with Crippen LogP contribution < -0.4 is 5.32 Å². The fourth-order valence-corrected chi connectivity index (χ4v) is 3.41. The van der Waals surface area contributed by atoms with Crippen LogP contribution in [0.15, 0.2) is 18.3 Å². The van der Waals surface area contributed by atoms with E-state index in [4.69, 9.17) is 0 Å². The first-order valence-electron chi connectivity index (χ1n) is 6.85. The smallest absolute Gasteiger partial charge is 0.0499 e. The van der Waals surface area contributed by atoms with E-state index in [1.807, 2.05) is 6.20 Å². The van der Waals surface area contributed by atoms with E-state index in [1.54, 1.807) is 0 Å². The predicted octanol–water partition coefficient (Wildman–Crippen LogP) is 2.15. The molecule has 3 rings (SSSR count). The molecule has 2 unspecified atom stereocenters. The van der Waals surface area contributed by atoms with E-state index in [2.05, 4.69) is 34.3 Å². The molecule has 2 aliphatic rings.